The monoisotopic (exact) mass is 296 g/mol. The summed E-state index contributed by atoms with van der Waals surface area (Å²) >= 11 is 6.91. The molecule has 0 aliphatic heterocycles. The number of hydrogen-bond acceptors (Lipinski definition) is 3. The minimum atomic E-state index is -4.48. The number of alkyl halides is 3. The zero-order chi connectivity index (χ0) is 13.2. The normalized spacial score (nSPS) is 18.0. The van der Waals surface area contributed by atoms with Crippen LogP contribution in [0.2, 0.25) is 5.28 Å². The van der Waals surface area contributed by atoms with Crippen LogP contribution in [0.25, 0.3) is 0 Å². The molecule has 0 radical (unpaired) electrons. The summed E-state index contributed by atoms with van der Waals surface area (Å²) in [5.41, 5.74) is -0.971. The van der Waals surface area contributed by atoms with Crippen molar-refractivity contribution in [2.45, 2.75) is 48.6 Å². The third-order valence-corrected chi connectivity index (χ3v) is 4.23. The summed E-state index contributed by atoms with van der Waals surface area (Å²) in [7, 11) is 0. The maximum Gasteiger partial charge on any atom is 0.433 e. The van der Waals surface area contributed by atoms with E-state index in [4.69, 9.17) is 11.6 Å². The summed E-state index contributed by atoms with van der Waals surface area (Å²) < 4.78 is 37.7. The summed E-state index contributed by atoms with van der Waals surface area (Å²) in [6.45, 7) is 0. The van der Waals surface area contributed by atoms with Crippen LogP contribution in [0.15, 0.2) is 11.1 Å². The largest absolute Gasteiger partial charge is 0.433 e. The average Bonchev–Trinajstić information content (AvgIpc) is 2.28. The van der Waals surface area contributed by atoms with E-state index in [9.17, 15) is 13.2 Å². The highest BCUT2D eigenvalue weighted by atomic mass is 35.5. The van der Waals surface area contributed by atoms with E-state index in [1.807, 2.05) is 0 Å². The molecule has 18 heavy (non-hydrogen) atoms. The van der Waals surface area contributed by atoms with Crippen LogP contribution in [0.4, 0.5) is 13.2 Å². The Kier molecular flexibility index (Phi) is 4.37. The van der Waals surface area contributed by atoms with Crippen molar-refractivity contribution in [2.75, 3.05) is 0 Å². The fourth-order valence-corrected chi connectivity index (χ4v) is 3.42. The first kappa shape index (κ1) is 13.9. The van der Waals surface area contributed by atoms with Gasteiger partial charge in [-0.15, -0.1) is 11.8 Å². The topological polar surface area (TPSA) is 25.8 Å². The molecule has 2 nitrogen and oxygen atoms in total. The molecule has 7 heteroatoms. The second-order valence-electron chi connectivity index (χ2n) is 4.24. The van der Waals surface area contributed by atoms with Crippen LogP contribution in [0.5, 0.6) is 0 Å². The van der Waals surface area contributed by atoms with Crippen molar-refractivity contribution in [3.63, 3.8) is 0 Å². The highest BCUT2D eigenvalue weighted by Crippen LogP contribution is 2.35. The van der Waals surface area contributed by atoms with Crippen LogP contribution < -0.4 is 0 Å². The lowest BCUT2D eigenvalue weighted by molar-refractivity contribution is -0.141. The molecule has 1 aliphatic rings. The summed E-state index contributed by atoms with van der Waals surface area (Å²) in [5.74, 6) is 0. The molecule has 0 unspecified atom stereocenters. The molecular formula is C11H12ClF3N2S. The lowest BCUT2D eigenvalue weighted by Crippen LogP contribution is -2.11. The van der Waals surface area contributed by atoms with Crippen molar-refractivity contribution in [3.8, 4) is 0 Å². The van der Waals surface area contributed by atoms with Gasteiger partial charge in [0.25, 0.3) is 0 Å². The Labute approximate surface area is 112 Å². The second kappa shape index (κ2) is 5.65. The molecule has 1 aromatic rings. The van der Waals surface area contributed by atoms with Crippen molar-refractivity contribution in [3.05, 3.63) is 17.0 Å². The van der Waals surface area contributed by atoms with Gasteiger partial charge in [0.05, 0.1) is 0 Å². The average molecular weight is 297 g/mol. The molecular weight excluding hydrogens is 285 g/mol. The van der Waals surface area contributed by atoms with Crippen molar-refractivity contribution >= 4 is 23.4 Å². The SMILES string of the molecule is FC(F)(F)c1cc(SC2CCCCC2)nc(Cl)n1. The first-order valence-corrected chi connectivity index (χ1v) is 6.99. The lowest BCUT2D eigenvalue weighted by Gasteiger charge is -2.20. The van der Waals surface area contributed by atoms with E-state index in [2.05, 4.69) is 9.97 Å². The van der Waals surface area contributed by atoms with E-state index in [0.29, 0.717) is 10.3 Å². The molecule has 0 spiro atoms. The number of rotatable bonds is 2. The number of aromatic nitrogens is 2. The van der Waals surface area contributed by atoms with E-state index < -0.39 is 11.9 Å². The molecule has 1 heterocycles. The van der Waals surface area contributed by atoms with Crippen LogP contribution >= 0.6 is 23.4 Å². The number of nitrogens with zero attached hydrogens (tertiary/aromatic N) is 2. The Morgan fingerprint density at radius 2 is 1.83 bits per heavy atom. The molecule has 0 aromatic carbocycles. The third-order valence-electron chi connectivity index (χ3n) is 2.81. The van der Waals surface area contributed by atoms with E-state index in [0.717, 1.165) is 31.7 Å². The number of hydrogen-bond donors (Lipinski definition) is 0. The van der Waals surface area contributed by atoms with Crippen molar-refractivity contribution < 1.29 is 13.2 Å². The highest BCUT2D eigenvalue weighted by molar-refractivity contribution is 7.99. The second-order valence-corrected chi connectivity index (χ2v) is 5.89. The highest BCUT2D eigenvalue weighted by Gasteiger charge is 2.33. The van der Waals surface area contributed by atoms with E-state index >= 15 is 0 Å². The van der Waals surface area contributed by atoms with Gasteiger partial charge in [-0.2, -0.15) is 13.2 Å². The minimum Gasteiger partial charge on any atom is -0.213 e. The Bertz CT molecular complexity index is 419. The molecule has 1 saturated carbocycles. The van der Waals surface area contributed by atoms with Crippen molar-refractivity contribution in [1.82, 2.24) is 9.97 Å². The van der Waals surface area contributed by atoms with Gasteiger partial charge in [-0.25, -0.2) is 9.97 Å². The molecule has 100 valence electrons. The molecule has 1 aliphatic carbocycles. The molecule has 0 amide bonds. The van der Waals surface area contributed by atoms with Gasteiger partial charge in [0.15, 0.2) is 5.69 Å². The summed E-state index contributed by atoms with van der Waals surface area (Å²) in [6, 6.07) is 0.977. The summed E-state index contributed by atoms with van der Waals surface area (Å²) in [5, 5.41) is 0.308. The molecule has 0 atom stereocenters. The fourth-order valence-electron chi connectivity index (χ4n) is 1.96. The van der Waals surface area contributed by atoms with Gasteiger partial charge in [0.1, 0.15) is 5.03 Å². The van der Waals surface area contributed by atoms with Crippen LogP contribution in [0.3, 0.4) is 0 Å². The first-order valence-electron chi connectivity index (χ1n) is 5.73. The lowest BCUT2D eigenvalue weighted by atomic mass is 10.0. The van der Waals surface area contributed by atoms with E-state index in [1.54, 1.807) is 0 Å². The van der Waals surface area contributed by atoms with Gasteiger partial charge < -0.3 is 0 Å². The molecule has 0 N–H and O–H groups in total. The predicted octanol–water partition coefficient (Wildman–Crippen LogP) is 4.57. The Morgan fingerprint density at radius 3 is 2.44 bits per heavy atom. The smallest absolute Gasteiger partial charge is 0.213 e. The maximum absolute atomic E-state index is 12.6. The van der Waals surface area contributed by atoms with Crippen molar-refractivity contribution in [1.29, 1.82) is 0 Å². The van der Waals surface area contributed by atoms with Gasteiger partial charge in [-0.3, -0.25) is 0 Å². The fraction of sp³-hybridized carbons (Fsp3) is 0.636. The van der Waals surface area contributed by atoms with Gasteiger partial charge >= 0.3 is 6.18 Å². The Balaban J connectivity index is 2.14. The van der Waals surface area contributed by atoms with Crippen LogP contribution in [0, 0.1) is 0 Å². The minimum absolute atomic E-state index is 0.314. The summed E-state index contributed by atoms with van der Waals surface area (Å²) in [4.78, 5) is 7.07. The molecule has 1 aromatic heterocycles. The number of thioether (sulfide) groups is 1. The van der Waals surface area contributed by atoms with Crippen LogP contribution in [0.1, 0.15) is 37.8 Å². The van der Waals surface area contributed by atoms with Crippen LogP contribution in [-0.2, 0) is 6.18 Å². The van der Waals surface area contributed by atoms with E-state index in [-0.39, 0.29) is 5.28 Å². The molecule has 1 fully saturated rings. The predicted molar refractivity (Wildman–Crippen MR) is 64.8 cm³/mol. The van der Waals surface area contributed by atoms with Crippen LogP contribution in [-0.4, -0.2) is 15.2 Å². The molecule has 0 bridgehead atoms. The Hall–Kier alpha value is -0.490. The van der Waals surface area contributed by atoms with E-state index in [1.165, 1.54) is 18.2 Å². The first-order chi connectivity index (χ1) is 8.45. The van der Waals surface area contributed by atoms with Gasteiger partial charge in [-0.1, -0.05) is 19.3 Å². The maximum atomic E-state index is 12.6. The Morgan fingerprint density at radius 1 is 1.17 bits per heavy atom. The third kappa shape index (κ3) is 3.75. The molecule has 2 rings (SSSR count). The summed E-state index contributed by atoms with van der Waals surface area (Å²) in [6.07, 6.45) is 1.02. The number of halogens is 4. The quantitative estimate of drug-likeness (QED) is 0.590. The zero-order valence-corrected chi connectivity index (χ0v) is 11.1. The zero-order valence-electron chi connectivity index (χ0n) is 9.50. The van der Waals surface area contributed by atoms with Gasteiger partial charge in [0.2, 0.25) is 5.28 Å². The molecule has 0 saturated heterocycles. The van der Waals surface area contributed by atoms with Crippen molar-refractivity contribution in [2.24, 2.45) is 0 Å². The van der Waals surface area contributed by atoms with Gasteiger partial charge in [0, 0.05) is 11.3 Å². The van der Waals surface area contributed by atoms with Gasteiger partial charge in [-0.05, 0) is 24.4 Å². The standard InChI is InChI=1S/C11H12ClF3N2S/c12-10-16-8(11(13,14)15)6-9(17-10)18-7-4-2-1-3-5-7/h6-7H,1-5H2.